The summed E-state index contributed by atoms with van der Waals surface area (Å²) in [5.41, 5.74) is 3.85. The molecule has 0 aromatic heterocycles. The predicted octanol–water partition coefficient (Wildman–Crippen LogP) is 3.99. The van der Waals surface area contributed by atoms with Gasteiger partial charge >= 0.3 is 5.97 Å². The van der Waals surface area contributed by atoms with Gasteiger partial charge in [0.05, 0.1) is 6.61 Å². The molecular weight excluding hydrogens is 340 g/mol. The van der Waals surface area contributed by atoms with E-state index in [9.17, 15) is 4.79 Å². The number of rotatable bonds is 12. The van der Waals surface area contributed by atoms with Crippen LogP contribution in [-0.4, -0.2) is 43.9 Å². The van der Waals surface area contributed by atoms with Gasteiger partial charge in [-0.2, -0.15) is 0 Å². The molecule has 0 N–H and O–H groups in total. The summed E-state index contributed by atoms with van der Waals surface area (Å²) in [6.45, 7) is 22.2. The molecule has 0 saturated carbocycles. The van der Waals surface area contributed by atoms with Gasteiger partial charge in [0.25, 0.3) is 0 Å². The van der Waals surface area contributed by atoms with E-state index in [0.29, 0.717) is 6.61 Å². The Morgan fingerprint density at radius 3 is 1.96 bits per heavy atom. The molecule has 0 aromatic rings. The molecule has 131 valence electrons. The van der Waals surface area contributed by atoms with Gasteiger partial charge in [-0.15, -0.1) is 13.2 Å². The average Bonchev–Trinajstić information content (AvgIpc) is 2.49. The van der Waals surface area contributed by atoms with E-state index >= 15 is 0 Å². The second kappa shape index (κ2) is 10.2. The maximum absolute atomic E-state index is 11.1. The van der Waals surface area contributed by atoms with Gasteiger partial charge in [0.1, 0.15) is 14.7 Å². The lowest BCUT2D eigenvalue weighted by molar-refractivity contribution is -0.137. The fourth-order valence-corrected chi connectivity index (χ4v) is 7.43. The summed E-state index contributed by atoms with van der Waals surface area (Å²) in [6.07, 6.45) is 1.99. The summed E-state index contributed by atoms with van der Waals surface area (Å²) in [5.74, 6) is -0.561. The second-order valence-electron chi connectivity index (χ2n) is 6.50. The third-order valence-electron chi connectivity index (χ3n) is 3.33. The molecule has 0 saturated heterocycles. The SMILES string of the molecule is C=CC(=O)OCCC[Si](C)C(O[Si](C)(C)C=C)O[Si](C)(C)C=C. The van der Waals surface area contributed by atoms with Crippen LogP contribution < -0.4 is 0 Å². The van der Waals surface area contributed by atoms with Gasteiger partial charge in [-0.05, 0) is 32.6 Å². The number of carbonyl (C=O) groups excluding carboxylic acids is 1. The zero-order valence-corrected chi connectivity index (χ0v) is 18.2. The molecule has 0 amide bonds. The van der Waals surface area contributed by atoms with Crippen molar-refractivity contribution in [1.82, 2.24) is 0 Å². The van der Waals surface area contributed by atoms with Crippen molar-refractivity contribution in [3.8, 4) is 0 Å². The van der Waals surface area contributed by atoms with Gasteiger partial charge in [-0.1, -0.05) is 30.6 Å². The zero-order valence-electron chi connectivity index (χ0n) is 15.2. The summed E-state index contributed by atoms with van der Waals surface area (Å²) < 4.78 is 17.6. The van der Waals surface area contributed by atoms with Crippen molar-refractivity contribution < 1.29 is 18.4 Å². The minimum Gasteiger partial charge on any atom is -0.463 e. The molecule has 1 radical (unpaired) electrons. The van der Waals surface area contributed by atoms with Crippen LogP contribution in [0.1, 0.15) is 6.42 Å². The Kier molecular flexibility index (Phi) is 9.87. The maximum atomic E-state index is 11.1. The van der Waals surface area contributed by atoms with E-state index in [1.54, 1.807) is 0 Å². The van der Waals surface area contributed by atoms with Gasteiger partial charge in [-0.25, -0.2) is 4.79 Å². The minimum atomic E-state index is -1.93. The smallest absolute Gasteiger partial charge is 0.330 e. The first-order valence-electron chi connectivity index (χ1n) is 7.81. The first kappa shape index (κ1) is 22.3. The molecule has 0 fully saturated rings. The van der Waals surface area contributed by atoms with Crippen LogP contribution in [0, 0.1) is 0 Å². The van der Waals surface area contributed by atoms with Crippen molar-refractivity contribution in [2.45, 2.75) is 51.1 Å². The summed E-state index contributed by atoms with van der Waals surface area (Å²) >= 11 is 0. The highest BCUT2D eigenvalue weighted by atomic mass is 28.4. The number of carbonyl (C=O) groups is 1. The summed E-state index contributed by atoms with van der Waals surface area (Å²) in [6, 6.07) is 0.947. The molecule has 0 aromatic carbocycles. The standard InChI is InChI=1S/C16H31O4Si3/c1-9-15(17)18-13-12-14-21(4)16(19-22(5,6)10-2)20-23(7,8)11-3/h9-11,16H,1-3,12-14H2,4-8H3. The maximum Gasteiger partial charge on any atom is 0.330 e. The molecule has 0 aliphatic rings. The van der Waals surface area contributed by atoms with Crippen LogP contribution in [0.15, 0.2) is 37.2 Å². The van der Waals surface area contributed by atoms with Crippen molar-refractivity contribution >= 4 is 31.4 Å². The molecular formula is C16H31O4Si3. The van der Waals surface area contributed by atoms with E-state index < -0.39 is 25.4 Å². The first-order valence-corrected chi connectivity index (χ1v) is 16.1. The lowest BCUT2D eigenvalue weighted by Crippen LogP contribution is -2.48. The number of hydrogen-bond donors (Lipinski definition) is 0. The Labute approximate surface area is 145 Å². The van der Waals surface area contributed by atoms with Crippen molar-refractivity contribution in [3.05, 3.63) is 37.2 Å². The van der Waals surface area contributed by atoms with Crippen molar-refractivity contribution in [1.29, 1.82) is 0 Å². The Morgan fingerprint density at radius 2 is 1.57 bits per heavy atom. The molecule has 0 spiro atoms. The van der Waals surface area contributed by atoms with E-state index in [-0.39, 0.29) is 11.9 Å². The number of esters is 1. The summed E-state index contributed by atoms with van der Waals surface area (Å²) in [5, 5.41) is 0. The van der Waals surface area contributed by atoms with Crippen LogP contribution in [0.3, 0.4) is 0 Å². The monoisotopic (exact) mass is 371 g/mol. The van der Waals surface area contributed by atoms with E-state index in [2.05, 4.69) is 52.5 Å². The molecule has 4 nitrogen and oxygen atoms in total. The molecule has 0 bridgehead atoms. The van der Waals surface area contributed by atoms with Crippen molar-refractivity contribution in [3.63, 3.8) is 0 Å². The van der Waals surface area contributed by atoms with Gasteiger partial charge in [0, 0.05) is 6.08 Å². The predicted molar refractivity (Wildman–Crippen MR) is 104 cm³/mol. The second-order valence-corrected chi connectivity index (χ2v) is 16.9. The third kappa shape index (κ3) is 9.88. The Hall–Kier alpha value is -0.739. The average molecular weight is 372 g/mol. The van der Waals surface area contributed by atoms with Crippen molar-refractivity contribution in [2.75, 3.05) is 6.61 Å². The van der Waals surface area contributed by atoms with Crippen LogP contribution in [0.25, 0.3) is 0 Å². The zero-order chi connectivity index (χ0) is 18.1. The van der Waals surface area contributed by atoms with Crippen molar-refractivity contribution in [2.24, 2.45) is 0 Å². The highest BCUT2D eigenvalue weighted by Crippen LogP contribution is 2.20. The molecule has 0 atom stereocenters. The lowest BCUT2D eigenvalue weighted by Gasteiger charge is -2.35. The fourth-order valence-electron chi connectivity index (χ4n) is 1.57. The van der Waals surface area contributed by atoms with Crippen LogP contribution in [0.2, 0.25) is 38.8 Å². The molecule has 23 heavy (non-hydrogen) atoms. The van der Waals surface area contributed by atoms with E-state index in [1.165, 1.54) is 6.08 Å². The Bertz CT molecular complexity index is 400. The van der Waals surface area contributed by atoms with Gasteiger partial charge in [0.15, 0.2) is 0 Å². The molecule has 0 aliphatic heterocycles. The van der Waals surface area contributed by atoms with E-state index in [1.807, 2.05) is 11.4 Å². The highest BCUT2D eigenvalue weighted by molar-refractivity contribution is 6.78. The summed E-state index contributed by atoms with van der Waals surface area (Å²) in [4.78, 5) is 11.1. The largest absolute Gasteiger partial charge is 0.463 e. The molecule has 0 heterocycles. The number of ether oxygens (including phenoxy) is 1. The van der Waals surface area contributed by atoms with E-state index in [0.717, 1.165) is 12.5 Å². The molecule has 0 unspecified atom stereocenters. The number of hydrogen-bond acceptors (Lipinski definition) is 4. The van der Waals surface area contributed by atoms with Crippen LogP contribution >= 0.6 is 0 Å². The lowest BCUT2D eigenvalue weighted by atomic mass is 10.5. The van der Waals surface area contributed by atoms with Crippen LogP contribution in [0.5, 0.6) is 0 Å². The quantitative estimate of drug-likeness (QED) is 0.171. The Balaban J connectivity index is 4.70. The molecule has 0 aliphatic carbocycles. The van der Waals surface area contributed by atoms with Gasteiger partial charge in [-0.3, -0.25) is 0 Å². The first-order chi connectivity index (χ1) is 10.6. The summed E-state index contributed by atoms with van der Waals surface area (Å²) in [7, 11) is -4.77. The third-order valence-corrected chi connectivity index (χ3v) is 9.60. The fraction of sp³-hybridized carbons (Fsp3) is 0.562. The van der Waals surface area contributed by atoms with Crippen LogP contribution in [0.4, 0.5) is 0 Å². The molecule has 7 heteroatoms. The normalized spacial score (nSPS) is 12.3. The highest BCUT2D eigenvalue weighted by Gasteiger charge is 2.33. The van der Waals surface area contributed by atoms with Crippen LogP contribution in [-0.2, 0) is 18.4 Å². The van der Waals surface area contributed by atoms with Gasteiger partial charge in [0.2, 0.25) is 16.6 Å². The topological polar surface area (TPSA) is 44.8 Å². The Morgan fingerprint density at radius 1 is 1.09 bits per heavy atom. The molecule has 0 rings (SSSR count). The minimum absolute atomic E-state index is 0.186. The van der Waals surface area contributed by atoms with E-state index in [4.69, 9.17) is 13.6 Å². The van der Waals surface area contributed by atoms with Gasteiger partial charge < -0.3 is 13.6 Å².